The van der Waals surface area contributed by atoms with Gasteiger partial charge in [0.15, 0.2) is 0 Å². The molecule has 0 atom stereocenters. The molecule has 27 heavy (non-hydrogen) atoms. The lowest BCUT2D eigenvalue weighted by molar-refractivity contribution is -0.117. The lowest BCUT2D eigenvalue weighted by Gasteiger charge is -2.11. The number of nitrogens with one attached hydrogen (secondary N) is 1. The number of carbonyl (C=O) groups is 1. The molecule has 0 unspecified atom stereocenters. The van der Waals surface area contributed by atoms with Crippen LogP contribution in [0.2, 0.25) is 0 Å². The summed E-state index contributed by atoms with van der Waals surface area (Å²) in [6.45, 7) is 2.04. The van der Waals surface area contributed by atoms with Crippen LogP contribution in [-0.4, -0.2) is 40.3 Å². The minimum atomic E-state index is -0.288. The van der Waals surface area contributed by atoms with Gasteiger partial charge < -0.3 is 14.8 Å². The molecule has 1 aromatic heterocycles. The van der Waals surface area contributed by atoms with E-state index in [4.69, 9.17) is 9.47 Å². The van der Waals surface area contributed by atoms with Crippen LogP contribution in [0.5, 0.6) is 11.5 Å². The van der Waals surface area contributed by atoms with E-state index in [2.05, 4.69) is 27.7 Å². The van der Waals surface area contributed by atoms with Crippen molar-refractivity contribution >= 4 is 11.6 Å². The van der Waals surface area contributed by atoms with Crippen LogP contribution in [-0.2, 0) is 17.8 Å². The number of methoxy groups -OCH3 is 2. The topological polar surface area (TPSA) is 91.2 Å². The van der Waals surface area contributed by atoms with Crippen LogP contribution in [0.3, 0.4) is 0 Å². The molecule has 1 N–H and O–H groups in total. The molecule has 1 heterocycles. The fraction of sp³-hybridized carbons (Fsp3) is 0.263. The summed E-state index contributed by atoms with van der Waals surface area (Å²) in [4.78, 5) is 13.6. The Morgan fingerprint density at radius 2 is 1.89 bits per heavy atom. The van der Waals surface area contributed by atoms with E-state index in [0.717, 1.165) is 12.0 Å². The van der Waals surface area contributed by atoms with Gasteiger partial charge in [0.1, 0.15) is 18.0 Å². The predicted octanol–water partition coefficient (Wildman–Crippen LogP) is 2.56. The molecule has 8 heteroatoms. The number of aryl methyl sites for hydroxylation is 1. The highest BCUT2D eigenvalue weighted by Crippen LogP contribution is 2.28. The van der Waals surface area contributed by atoms with Crippen LogP contribution >= 0.6 is 0 Å². The Bertz CT molecular complexity index is 921. The summed E-state index contributed by atoms with van der Waals surface area (Å²) in [5, 5.41) is 15.0. The van der Waals surface area contributed by atoms with Crippen molar-refractivity contribution < 1.29 is 14.3 Å². The van der Waals surface area contributed by atoms with E-state index in [-0.39, 0.29) is 12.5 Å². The third-order valence-corrected chi connectivity index (χ3v) is 4.04. The molecule has 3 rings (SSSR count). The number of amides is 1. The first kappa shape index (κ1) is 18.4. The molecular weight excluding hydrogens is 346 g/mol. The summed E-state index contributed by atoms with van der Waals surface area (Å²) >= 11 is 0. The Morgan fingerprint density at radius 3 is 2.56 bits per heavy atom. The maximum Gasteiger partial charge on any atom is 0.248 e. The highest BCUT2D eigenvalue weighted by Gasteiger charge is 2.12. The first-order valence-electron chi connectivity index (χ1n) is 8.52. The predicted molar refractivity (Wildman–Crippen MR) is 101 cm³/mol. The second-order valence-corrected chi connectivity index (χ2v) is 5.81. The van der Waals surface area contributed by atoms with E-state index in [1.165, 1.54) is 17.5 Å². The van der Waals surface area contributed by atoms with E-state index in [1.807, 2.05) is 24.3 Å². The first-order valence-corrected chi connectivity index (χ1v) is 8.52. The summed E-state index contributed by atoms with van der Waals surface area (Å²) in [7, 11) is 3.09. The van der Waals surface area contributed by atoms with Crippen LogP contribution in [0.1, 0.15) is 12.5 Å². The number of tetrazole rings is 1. The van der Waals surface area contributed by atoms with Gasteiger partial charge in [-0.15, -0.1) is 10.2 Å². The number of benzene rings is 2. The Hall–Kier alpha value is -3.42. The van der Waals surface area contributed by atoms with Gasteiger partial charge in [-0.2, -0.15) is 4.80 Å². The fourth-order valence-electron chi connectivity index (χ4n) is 2.54. The lowest BCUT2D eigenvalue weighted by atomic mass is 10.1. The summed E-state index contributed by atoms with van der Waals surface area (Å²) in [5.74, 6) is 1.34. The number of hydrogen-bond donors (Lipinski definition) is 1. The van der Waals surface area contributed by atoms with E-state index >= 15 is 0 Å². The fourth-order valence-corrected chi connectivity index (χ4v) is 2.54. The van der Waals surface area contributed by atoms with Crippen LogP contribution in [0.15, 0.2) is 42.5 Å². The maximum atomic E-state index is 12.3. The van der Waals surface area contributed by atoms with Gasteiger partial charge >= 0.3 is 0 Å². The molecule has 0 saturated heterocycles. The molecule has 8 nitrogen and oxygen atoms in total. The molecule has 0 saturated carbocycles. The first-order chi connectivity index (χ1) is 13.1. The molecule has 140 valence electrons. The molecule has 3 aromatic rings. The largest absolute Gasteiger partial charge is 0.497 e. The van der Waals surface area contributed by atoms with Gasteiger partial charge in [-0.25, -0.2) is 0 Å². The Kier molecular flexibility index (Phi) is 5.65. The second-order valence-electron chi connectivity index (χ2n) is 5.81. The third kappa shape index (κ3) is 4.41. The van der Waals surface area contributed by atoms with E-state index in [0.29, 0.717) is 23.0 Å². The van der Waals surface area contributed by atoms with Crippen LogP contribution in [0, 0.1) is 0 Å². The van der Waals surface area contributed by atoms with Crippen molar-refractivity contribution in [2.75, 3.05) is 19.5 Å². The van der Waals surface area contributed by atoms with Crippen molar-refractivity contribution in [3.63, 3.8) is 0 Å². The molecule has 0 bridgehead atoms. The number of aromatic nitrogens is 4. The van der Waals surface area contributed by atoms with Gasteiger partial charge in [-0.3, -0.25) is 4.79 Å². The Balaban J connectivity index is 1.67. The summed E-state index contributed by atoms with van der Waals surface area (Å²) in [6.07, 6.45) is 0.968. The molecule has 0 aliphatic heterocycles. The average Bonchev–Trinajstić information content (AvgIpc) is 3.16. The highest BCUT2D eigenvalue weighted by atomic mass is 16.5. The van der Waals surface area contributed by atoms with Gasteiger partial charge in [0.2, 0.25) is 11.7 Å². The van der Waals surface area contributed by atoms with Crippen LogP contribution in [0.4, 0.5) is 5.69 Å². The Labute approximate surface area is 157 Å². The number of hydrogen-bond acceptors (Lipinski definition) is 6. The third-order valence-electron chi connectivity index (χ3n) is 4.04. The molecule has 1 amide bonds. The number of nitrogens with zero attached hydrogens (tertiary/aromatic N) is 4. The maximum absolute atomic E-state index is 12.3. The molecule has 0 radical (unpaired) electrons. The van der Waals surface area contributed by atoms with Crippen molar-refractivity contribution in [1.82, 2.24) is 20.2 Å². The van der Waals surface area contributed by atoms with Crippen molar-refractivity contribution in [3.05, 3.63) is 48.0 Å². The van der Waals surface area contributed by atoms with E-state index < -0.39 is 0 Å². The average molecular weight is 367 g/mol. The SMILES string of the molecule is CCc1ccc(-c2nnn(CC(=O)Nc3ccc(OC)cc3OC)n2)cc1. The van der Waals surface area contributed by atoms with Gasteiger partial charge in [0.25, 0.3) is 0 Å². The lowest BCUT2D eigenvalue weighted by Crippen LogP contribution is -2.20. The smallest absolute Gasteiger partial charge is 0.248 e. The second kappa shape index (κ2) is 8.31. The van der Waals surface area contributed by atoms with Gasteiger partial charge in [0.05, 0.1) is 19.9 Å². The van der Waals surface area contributed by atoms with Crippen LogP contribution in [0.25, 0.3) is 11.4 Å². The number of rotatable bonds is 7. The standard InChI is InChI=1S/C19H21N5O3/c1-4-13-5-7-14(8-6-13)19-21-23-24(22-19)12-18(25)20-16-10-9-15(26-2)11-17(16)27-3/h5-11H,4,12H2,1-3H3,(H,20,25). The zero-order valence-electron chi connectivity index (χ0n) is 15.5. The Morgan fingerprint density at radius 1 is 1.11 bits per heavy atom. The highest BCUT2D eigenvalue weighted by molar-refractivity contribution is 5.92. The summed E-state index contributed by atoms with van der Waals surface area (Å²) in [5.41, 5.74) is 2.63. The van der Waals surface area contributed by atoms with Crippen LogP contribution < -0.4 is 14.8 Å². The minimum Gasteiger partial charge on any atom is -0.497 e. The van der Waals surface area contributed by atoms with E-state index in [9.17, 15) is 4.79 Å². The molecule has 0 spiro atoms. The minimum absolute atomic E-state index is 0.0603. The van der Waals surface area contributed by atoms with Crippen molar-refractivity contribution in [1.29, 1.82) is 0 Å². The molecule has 0 fully saturated rings. The summed E-state index contributed by atoms with van der Waals surface area (Å²) in [6, 6.07) is 13.1. The van der Waals surface area contributed by atoms with Gasteiger partial charge in [-0.1, -0.05) is 31.2 Å². The number of carbonyl (C=O) groups excluding carboxylic acids is 1. The van der Waals surface area contributed by atoms with Crippen molar-refractivity contribution in [2.45, 2.75) is 19.9 Å². The molecule has 0 aliphatic rings. The zero-order chi connectivity index (χ0) is 19.2. The number of anilines is 1. The molecule has 0 aliphatic carbocycles. The van der Waals surface area contributed by atoms with Gasteiger partial charge in [-0.05, 0) is 29.3 Å². The zero-order valence-corrected chi connectivity index (χ0v) is 15.5. The molecular formula is C19H21N5O3. The van der Waals surface area contributed by atoms with Crippen molar-refractivity contribution in [3.8, 4) is 22.9 Å². The monoisotopic (exact) mass is 367 g/mol. The van der Waals surface area contributed by atoms with Crippen molar-refractivity contribution in [2.24, 2.45) is 0 Å². The van der Waals surface area contributed by atoms with E-state index in [1.54, 1.807) is 25.3 Å². The number of ether oxygens (including phenoxy) is 2. The van der Waals surface area contributed by atoms with Gasteiger partial charge in [0, 0.05) is 11.6 Å². The summed E-state index contributed by atoms with van der Waals surface area (Å²) < 4.78 is 10.4. The normalized spacial score (nSPS) is 10.5. The quantitative estimate of drug-likeness (QED) is 0.690. The molecule has 2 aromatic carbocycles.